The monoisotopic (exact) mass is 383 g/mol. The van der Waals surface area contributed by atoms with E-state index in [0.717, 1.165) is 4.90 Å². The Hall–Kier alpha value is -3.75. The van der Waals surface area contributed by atoms with E-state index in [0.29, 0.717) is 5.56 Å². The Balaban J connectivity index is 1.67. The molecule has 1 aliphatic rings. The van der Waals surface area contributed by atoms with Gasteiger partial charge >= 0.3 is 12.0 Å². The number of imide groups is 1. The van der Waals surface area contributed by atoms with Gasteiger partial charge in [-0.25, -0.2) is 4.79 Å². The van der Waals surface area contributed by atoms with Crippen LogP contribution in [0.1, 0.15) is 18.1 Å². The summed E-state index contributed by atoms with van der Waals surface area (Å²) in [5.74, 6) is -1.43. The van der Waals surface area contributed by atoms with E-state index in [4.69, 9.17) is 4.74 Å². The summed E-state index contributed by atoms with van der Waals surface area (Å²) in [4.78, 5) is 48.3. The lowest BCUT2D eigenvalue weighted by atomic mass is 9.92. The maximum Gasteiger partial charge on any atom is 0.326 e. The smallest absolute Gasteiger partial charge is 0.326 e. The van der Waals surface area contributed by atoms with E-state index in [2.05, 4.69) is 5.32 Å². The highest BCUT2D eigenvalue weighted by Gasteiger charge is 2.49. The van der Waals surface area contributed by atoms with Crippen molar-refractivity contribution in [3.8, 4) is 0 Å². The second-order valence-corrected chi connectivity index (χ2v) is 6.36. The molecule has 1 heterocycles. The molecule has 0 unspecified atom stereocenters. The van der Waals surface area contributed by atoms with Crippen LogP contribution in [-0.4, -0.2) is 34.3 Å². The first kappa shape index (κ1) is 19.0. The van der Waals surface area contributed by atoms with Crippen molar-refractivity contribution in [2.75, 3.05) is 6.54 Å². The summed E-state index contributed by atoms with van der Waals surface area (Å²) in [6.45, 7) is 0.630. The number of urea groups is 1. The van der Waals surface area contributed by atoms with E-state index in [9.17, 15) is 24.5 Å². The van der Waals surface area contributed by atoms with Gasteiger partial charge in [-0.3, -0.25) is 24.6 Å². The standard InChI is InChI=1S/C19H17N3O6/c1-19(14-8-3-2-4-9-14)17(24)21(18(25)20-19)11-16(23)28-12-13-7-5-6-10-15(13)22(26)27/h2-10H,11-12H2,1H3,(H,20,25)/t19-/m0/s1. The Bertz CT molecular complexity index is 946. The van der Waals surface area contributed by atoms with Crippen molar-refractivity contribution in [1.82, 2.24) is 10.2 Å². The molecule has 2 aromatic carbocycles. The number of carbonyl (C=O) groups excluding carboxylic acids is 3. The van der Waals surface area contributed by atoms with Crippen LogP contribution < -0.4 is 5.32 Å². The summed E-state index contributed by atoms with van der Waals surface area (Å²) in [6.07, 6.45) is 0. The summed E-state index contributed by atoms with van der Waals surface area (Å²) in [5, 5.41) is 13.6. The molecule has 0 radical (unpaired) electrons. The molecule has 2 aromatic rings. The zero-order chi connectivity index (χ0) is 20.3. The zero-order valence-corrected chi connectivity index (χ0v) is 15.0. The van der Waals surface area contributed by atoms with Gasteiger partial charge < -0.3 is 10.1 Å². The lowest BCUT2D eigenvalue weighted by Crippen LogP contribution is -2.41. The number of rotatable bonds is 6. The number of carbonyl (C=O) groups is 3. The molecule has 1 N–H and O–H groups in total. The predicted octanol–water partition coefficient (Wildman–Crippen LogP) is 2.11. The van der Waals surface area contributed by atoms with Crippen molar-refractivity contribution in [2.24, 2.45) is 0 Å². The summed E-state index contributed by atoms with van der Waals surface area (Å²) in [7, 11) is 0. The van der Waals surface area contributed by atoms with Gasteiger partial charge in [-0.05, 0) is 18.6 Å². The molecule has 1 saturated heterocycles. The fourth-order valence-electron chi connectivity index (χ4n) is 2.95. The maximum atomic E-state index is 12.7. The first-order valence-corrected chi connectivity index (χ1v) is 8.40. The summed E-state index contributed by atoms with van der Waals surface area (Å²) in [5.41, 5.74) is -0.658. The first-order chi connectivity index (χ1) is 13.3. The molecule has 9 nitrogen and oxygen atoms in total. The number of ether oxygens (including phenoxy) is 1. The molecule has 0 bridgehead atoms. The Labute approximate surface area is 160 Å². The second kappa shape index (κ2) is 7.47. The van der Waals surface area contributed by atoms with Crippen LogP contribution in [0.3, 0.4) is 0 Å². The first-order valence-electron chi connectivity index (χ1n) is 8.40. The predicted molar refractivity (Wildman–Crippen MR) is 96.9 cm³/mol. The topological polar surface area (TPSA) is 119 Å². The van der Waals surface area contributed by atoms with E-state index in [1.807, 2.05) is 0 Å². The quantitative estimate of drug-likeness (QED) is 0.353. The van der Waals surface area contributed by atoms with Crippen LogP contribution in [0, 0.1) is 10.1 Å². The number of nitro benzene ring substituents is 1. The minimum Gasteiger partial charge on any atom is -0.459 e. The maximum absolute atomic E-state index is 12.7. The molecule has 0 spiro atoms. The fraction of sp³-hybridized carbons (Fsp3) is 0.211. The minimum absolute atomic E-state index is 0.179. The average Bonchev–Trinajstić information content (AvgIpc) is 2.91. The molecule has 1 fully saturated rings. The van der Waals surface area contributed by atoms with E-state index in [-0.39, 0.29) is 17.9 Å². The number of nitrogens with zero attached hydrogens (tertiary/aromatic N) is 2. The normalized spacial score (nSPS) is 18.7. The summed E-state index contributed by atoms with van der Waals surface area (Å²) < 4.78 is 5.03. The molecule has 0 saturated carbocycles. The Morgan fingerprint density at radius 1 is 1.14 bits per heavy atom. The van der Waals surface area contributed by atoms with Gasteiger partial charge in [-0.15, -0.1) is 0 Å². The number of nitrogens with one attached hydrogen (secondary N) is 1. The summed E-state index contributed by atoms with van der Waals surface area (Å²) >= 11 is 0. The minimum atomic E-state index is -1.28. The van der Waals surface area contributed by atoms with E-state index >= 15 is 0 Å². The van der Waals surface area contributed by atoms with Gasteiger partial charge in [0.2, 0.25) is 0 Å². The lowest BCUT2D eigenvalue weighted by molar-refractivity contribution is -0.385. The van der Waals surface area contributed by atoms with E-state index in [1.165, 1.54) is 18.2 Å². The van der Waals surface area contributed by atoms with E-state index in [1.54, 1.807) is 43.3 Å². The van der Waals surface area contributed by atoms with Crippen molar-refractivity contribution in [2.45, 2.75) is 19.1 Å². The average molecular weight is 383 g/mol. The van der Waals surface area contributed by atoms with Gasteiger partial charge in [0, 0.05) is 6.07 Å². The SMILES string of the molecule is C[C@@]1(c2ccccc2)NC(=O)N(CC(=O)OCc2ccccc2[N+](=O)[O-])C1=O. The van der Waals surface area contributed by atoms with Gasteiger partial charge in [0.25, 0.3) is 11.6 Å². The number of para-hydroxylation sites is 1. The molecule has 144 valence electrons. The molecular formula is C19H17N3O6. The number of nitro groups is 1. The molecule has 1 aliphatic heterocycles. The third-order valence-electron chi connectivity index (χ3n) is 4.49. The van der Waals surface area contributed by atoms with Crippen molar-refractivity contribution in [3.63, 3.8) is 0 Å². The number of amides is 3. The molecule has 0 aromatic heterocycles. The number of benzene rings is 2. The molecular weight excluding hydrogens is 366 g/mol. The van der Waals surface area contributed by atoms with Gasteiger partial charge in [0.05, 0.1) is 10.5 Å². The van der Waals surface area contributed by atoms with Crippen LogP contribution in [0.2, 0.25) is 0 Å². The van der Waals surface area contributed by atoms with Crippen LogP contribution >= 0.6 is 0 Å². The van der Waals surface area contributed by atoms with Crippen LogP contribution in [0.5, 0.6) is 0 Å². The fourth-order valence-corrected chi connectivity index (χ4v) is 2.95. The van der Waals surface area contributed by atoms with Crippen LogP contribution in [0.15, 0.2) is 54.6 Å². The zero-order valence-electron chi connectivity index (χ0n) is 15.0. The molecule has 28 heavy (non-hydrogen) atoms. The summed E-state index contributed by atoms with van der Waals surface area (Å²) in [6, 6.07) is 13.8. The van der Waals surface area contributed by atoms with Crippen molar-refractivity contribution in [1.29, 1.82) is 0 Å². The molecule has 3 amide bonds. The highest BCUT2D eigenvalue weighted by atomic mass is 16.6. The van der Waals surface area contributed by atoms with Gasteiger partial charge in [0.15, 0.2) is 0 Å². The Kier molecular flexibility index (Phi) is 5.08. The highest BCUT2D eigenvalue weighted by molar-refractivity contribution is 6.08. The van der Waals surface area contributed by atoms with Crippen LogP contribution in [0.25, 0.3) is 0 Å². The van der Waals surface area contributed by atoms with Gasteiger partial charge in [-0.2, -0.15) is 0 Å². The third kappa shape index (κ3) is 3.54. The van der Waals surface area contributed by atoms with E-state index < -0.39 is 34.9 Å². The number of hydrogen-bond donors (Lipinski definition) is 1. The van der Waals surface area contributed by atoms with Crippen LogP contribution in [0.4, 0.5) is 10.5 Å². The number of hydrogen-bond acceptors (Lipinski definition) is 6. The molecule has 0 aliphatic carbocycles. The molecule has 1 atom stereocenters. The Morgan fingerprint density at radius 3 is 2.46 bits per heavy atom. The Morgan fingerprint density at radius 2 is 1.79 bits per heavy atom. The third-order valence-corrected chi connectivity index (χ3v) is 4.49. The lowest BCUT2D eigenvalue weighted by Gasteiger charge is -2.21. The molecule has 9 heteroatoms. The second-order valence-electron chi connectivity index (χ2n) is 6.36. The van der Waals surface area contributed by atoms with Gasteiger partial charge in [0.1, 0.15) is 18.7 Å². The van der Waals surface area contributed by atoms with Crippen molar-refractivity contribution in [3.05, 3.63) is 75.8 Å². The number of esters is 1. The molecule has 3 rings (SSSR count). The van der Waals surface area contributed by atoms with Gasteiger partial charge in [-0.1, -0.05) is 42.5 Å². The van der Waals surface area contributed by atoms with Crippen LogP contribution in [-0.2, 0) is 26.5 Å². The largest absolute Gasteiger partial charge is 0.459 e. The highest BCUT2D eigenvalue weighted by Crippen LogP contribution is 2.28. The van der Waals surface area contributed by atoms with Crippen molar-refractivity contribution < 1.29 is 24.0 Å². The van der Waals surface area contributed by atoms with Crippen molar-refractivity contribution >= 4 is 23.6 Å².